The molecule has 0 aliphatic heterocycles. The highest BCUT2D eigenvalue weighted by Crippen LogP contribution is 2.41. The van der Waals surface area contributed by atoms with E-state index in [0.717, 1.165) is 5.56 Å². The van der Waals surface area contributed by atoms with Gasteiger partial charge in [0.15, 0.2) is 23.8 Å². The molecule has 3 aromatic carbocycles. The predicted molar refractivity (Wildman–Crippen MR) is 154 cm³/mol. The number of methoxy groups -OCH3 is 2. The Morgan fingerprint density at radius 2 is 1.51 bits per heavy atom. The summed E-state index contributed by atoms with van der Waals surface area (Å²) in [5.74, 6) is -1.24. The fourth-order valence-electron chi connectivity index (χ4n) is 4.03. The second-order valence-electron chi connectivity index (χ2n) is 8.57. The molecular weight excluding hydrogens is 594 g/mol. The summed E-state index contributed by atoms with van der Waals surface area (Å²) in [4.78, 5) is 38.4. The van der Waals surface area contributed by atoms with E-state index >= 15 is 0 Å². The quantitative estimate of drug-likeness (QED) is 0.233. The lowest BCUT2D eigenvalue weighted by atomic mass is 10.0. The average molecular weight is 622 g/mol. The van der Waals surface area contributed by atoms with Crippen LogP contribution in [0.15, 0.2) is 77.3 Å². The van der Waals surface area contributed by atoms with E-state index in [1.165, 1.54) is 18.9 Å². The number of esters is 2. The summed E-state index contributed by atoms with van der Waals surface area (Å²) in [5.41, 5.74) is 1.90. The van der Waals surface area contributed by atoms with E-state index in [2.05, 4.69) is 26.3 Å². The second kappa shape index (κ2) is 13.6. The molecule has 1 heterocycles. The van der Waals surface area contributed by atoms with Gasteiger partial charge in [0.25, 0.3) is 5.91 Å². The van der Waals surface area contributed by atoms with E-state index < -0.39 is 11.9 Å². The molecule has 11 heteroatoms. The van der Waals surface area contributed by atoms with E-state index in [4.69, 9.17) is 18.9 Å². The van der Waals surface area contributed by atoms with E-state index in [1.807, 2.05) is 36.4 Å². The zero-order chi connectivity index (χ0) is 29.4. The molecule has 0 saturated carbocycles. The molecule has 41 heavy (non-hydrogen) atoms. The van der Waals surface area contributed by atoms with Gasteiger partial charge in [-0.25, -0.2) is 14.3 Å². The van der Waals surface area contributed by atoms with Crippen molar-refractivity contribution >= 4 is 33.8 Å². The minimum Gasteiger partial charge on any atom is -0.490 e. The highest BCUT2D eigenvalue weighted by molar-refractivity contribution is 9.10. The van der Waals surface area contributed by atoms with Crippen molar-refractivity contribution < 1.29 is 33.3 Å². The summed E-state index contributed by atoms with van der Waals surface area (Å²) >= 11 is 3.53. The minimum absolute atomic E-state index is 0.0830. The Labute approximate surface area is 245 Å². The molecule has 0 unspecified atom stereocenters. The molecule has 4 rings (SSSR count). The molecular formula is C30H28BrN3O7. The molecule has 0 aliphatic rings. The number of hydrogen-bond donors (Lipinski definition) is 1. The number of carbonyl (C=O) groups excluding carboxylic acids is 3. The van der Waals surface area contributed by atoms with Gasteiger partial charge in [0, 0.05) is 16.6 Å². The van der Waals surface area contributed by atoms with Gasteiger partial charge in [0.1, 0.15) is 11.3 Å². The number of benzene rings is 3. The fraction of sp³-hybridized carbons (Fsp3) is 0.200. The van der Waals surface area contributed by atoms with Crippen LogP contribution in [-0.4, -0.2) is 55.1 Å². The Morgan fingerprint density at radius 3 is 2.15 bits per heavy atom. The maximum absolute atomic E-state index is 13.0. The van der Waals surface area contributed by atoms with Crippen LogP contribution >= 0.6 is 15.9 Å². The van der Waals surface area contributed by atoms with Crippen molar-refractivity contribution in [2.24, 2.45) is 0 Å². The lowest BCUT2D eigenvalue weighted by molar-refractivity contribution is -0.123. The first kappa shape index (κ1) is 29.3. The van der Waals surface area contributed by atoms with Crippen LogP contribution in [0.4, 0.5) is 0 Å². The van der Waals surface area contributed by atoms with Gasteiger partial charge in [-0.1, -0.05) is 48.5 Å². The zero-order valence-corrected chi connectivity index (χ0v) is 24.3. The summed E-state index contributed by atoms with van der Waals surface area (Å²) in [5, 5.41) is 7.45. The van der Waals surface area contributed by atoms with Crippen LogP contribution in [0.1, 0.15) is 33.3 Å². The van der Waals surface area contributed by atoms with Crippen molar-refractivity contribution in [3.8, 4) is 28.4 Å². The van der Waals surface area contributed by atoms with E-state index in [9.17, 15) is 14.4 Å². The summed E-state index contributed by atoms with van der Waals surface area (Å²) < 4.78 is 23.4. The Morgan fingerprint density at radius 1 is 0.878 bits per heavy atom. The third-order valence-corrected chi connectivity index (χ3v) is 6.59. The maximum atomic E-state index is 13.0. The Balaban J connectivity index is 1.72. The Hall–Kier alpha value is -4.64. The van der Waals surface area contributed by atoms with Crippen molar-refractivity contribution in [2.75, 3.05) is 27.4 Å². The highest BCUT2D eigenvalue weighted by atomic mass is 79.9. The average Bonchev–Trinajstić information content (AvgIpc) is 3.40. The van der Waals surface area contributed by atoms with Gasteiger partial charge in [-0.05, 0) is 52.7 Å². The van der Waals surface area contributed by atoms with Crippen LogP contribution in [0.3, 0.4) is 0 Å². The van der Waals surface area contributed by atoms with E-state index in [-0.39, 0.29) is 29.5 Å². The molecule has 0 atom stereocenters. The fourth-order valence-corrected chi connectivity index (χ4v) is 4.54. The van der Waals surface area contributed by atoms with Gasteiger partial charge in [0.05, 0.1) is 26.5 Å². The van der Waals surface area contributed by atoms with E-state index in [0.29, 0.717) is 40.4 Å². The first-order valence-electron chi connectivity index (χ1n) is 12.6. The van der Waals surface area contributed by atoms with Crippen molar-refractivity contribution in [3.05, 3.63) is 94.1 Å². The van der Waals surface area contributed by atoms with Crippen LogP contribution in [0.2, 0.25) is 0 Å². The monoisotopic (exact) mass is 621 g/mol. The third kappa shape index (κ3) is 6.75. The summed E-state index contributed by atoms with van der Waals surface area (Å²) in [6.07, 6.45) is 0. The number of aromatic nitrogens is 2. The van der Waals surface area contributed by atoms with E-state index in [1.54, 1.807) is 43.3 Å². The lowest BCUT2D eigenvalue weighted by Crippen LogP contribution is -2.28. The first-order chi connectivity index (χ1) is 19.9. The highest BCUT2D eigenvalue weighted by Gasteiger charge is 2.32. The molecule has 0 spiro atoms. The number of amides is 1. The molecule has 0 fully saturated rings. The molecule has 1 aromatic heterocycles. The number of rotatable bonds is 11. The van der Waals surface area contributed by atoms with Crippen molar-refractivity contribution in [1.29, 1.82) is 0 Å². The van der Waals surface area contributed by atoms with Gasteiger partial charge >= 0.3 is 11.9 Å². The van der Waals surface area contributed by atoms with Crippen LogP contribution in [0.25, 0.3) is 16.9 Å². The topological polar surface area (TPSA) is 118 Å². The lowest BCUT2D eigenvalue weighted by Gasteiger charge is -2.15. The zero-order valence-electron chi connectivity index (χ0n) is 22.7. The molecule has 0 saturated heterocycles. The van der Waals surface area contributed by atoms with Crippen molar-refractivity contribution in [3.63, 3.8) is 0 Å². The first-order valence-corrected chi connectivity index (χ1v) is 13.4. The van der Waals surface area contributed by atoms with Crippen LogP contribution in [-0.2, 0) is 20.8 Å². The number of ether oxygens (including phenoxy) is 4. The van der Waals surface area contributed by atoms with Gasteiger partial charge in [-0.3, -0.25) is 4.79 Å². The Bertz CT molecular complexity index is 1540. The standard InChI is InChI=1S/C30H28BrN3O7/c1-4-40-23-15-21(22(31)16-24(23)41-18-25(35)32-17-19-11-7-5-8-12-19)27-26(29(36)38-2)28(30(37)39-3)34(33-27)20-13-9-6-10-14-20/h5-16H,4,17-18H2,1-3H3,(H,32,35). The molecule has 0 aliphatic carbocycles. The minimum atomic E-state index is -0.775. The second-order valence-corrected chi connectivity index (χ2v) is 9.42. The van der Waals surface area contributed by atoms with Gasteiger partial charge in [0.2, 0.25) is 0 Å². The number of nitrogens with one attached hydrogen (secondary N) is 1. The molecule has 212 valence electrons. The number of halogens is 1. The summed E-state index contributed by atoms with van der Waals surface area (Å²) in [6.45, 7) is 2.22. The SMILES string of the molecule is CCOc1cc(-c2nn(-c3ccccc3)c(C(=O)OC)c2C(=O)OC)c(Br)cc1OCC(=O)NCc1ccccc1. The maximum Gasteiger partial charge on any atom is 0.357 e. The van der Waals surface area contributed by atoms with Gasteiger partial charge in [-0.15, -0.1) is 0 Å². The molecule has 1 amide bonds. The number of nitrogens with zero attached hydrogens (tertiary/aromatic N) is 2. The smallest absolute Gasteiger partial charge is 0.357 e. The third-order valence-electron chi connectivity index (χ3n) is 5.93. The summed E-state index contributed by atoms with van der Waals surface area (Å²) in [6, 6.07) is 21.6. The van der Waals surface area contributed by atoms with Crippen molar-refractivity contribution in [1.82, 2.24) is 15.1 Å². The number of para-hydroxylation sites is 1. The number of carbonyl (C=O) groups is 3. The molecule has 0 radical (unpaired) electrons. The van der Waals surface area contributed by atoms with Gasteiger partial charge < -0.3 is 24.3 Å². The molecule has 1 N–H and O–H groups in total. The molecule has 10 nitrogen and oxygen atoms in total. The van der Waals surface area contributed by atoms with Gasteiger partial charge in [-0.2, -0.15) is 5.10 Å². The van der Waals surface area contributed by atoms with Crippen LogP contribution in [0.5, 0.6) is 11.5 Å². The largest absolute Gasteiger partial charge is 0.490 e. The number of hydrogen-bond acceptors (Lipinski definition) is 8. The molecule has 0 bridgehead atoms. The summed E-state index contributed by atoms with van der Waals surface area (Å²) in [7, 11) is 2.43. The molecule has 4 aromatic rings. The van der Waals surface area contributed by atoms with Crippen molar-refractivity contribution in [2.45, 2.75) is 13.5 Å². The van der Waals surface area contributed by atoms with Crippen LogP contribution < -0.4 is 14.8 Å². The normalized spacial score (nSPS) is 10.5. The van der Waals surface area contributed by atoms with Crippen LogP contribution in [0, 0.1) is 0 Å². The Kier molecular flexibility index (Phi) is 9.75. The predicted octanol–water partition coefficient (Wildman–Crippen LogP) is 4.97.